The van der Waals surface area contributed by atoms with E-state index in [2.05, 4.69) is 5.32 Å². The van der Waals surface area contributed by atoms with E-state index >= 15 is 0 Å². The molecule has 5 heteroatoms. The third-order valence-electron chi connectivity index (χ3n) is 2.87. The minimum atomic E-state index is -0.475. The lowest BCUT2D eigenvalue weighted by Gasteiger charge is -2.08. The number of carbonyl (C=O) groups is 1. The Hall–Kier alpha value is -2.56. The van der Waals surface area contributed by atoms with Gasteiger partial charge in [-0.25, -0.2) is 0 Å². The molecule has 0 spiro atoms. The molecule has 0 radical (unpaired) electrons. The van der Waals surface area contributed by atoms with Gasteiger partial charge in [0.1, 0.15) is 6.26 Å². The maximum Gasteiger partial charge on any atom is 0.291 e. The molecule has 0 saturated heterocycles. The van der Waals surface area contributed by atoms with Crippen LogP contribution in [0.25, 0.3) is 0 Å². The van der Waals surface area contributed by atoms with Crippen LogP contribution in [-0.4, -0.2) is 13.0 Å². The molecular formula is C15H15NO4. The molecule has 0 atom stereocenters. The number of ether oxygens (including phenoxy) is 1. The Kier molecular flexibility index (Phi) is 3.89. The summed E-state index contributed by atoms with van der Waals surface area (Å²) < 4.78 is 9.88. The first kappa shape index (κ1) is 13.9. The summed E-state index contributed by atoms with van der Waals surface area (Å²) in [6.45, 7) is 3.87. The maximum atomic E-state index is 12.0. The van der Waals surface area contributed by atoms with Crippen molar-refractivity contribution in [2.75, 3.05) is 12.4 Å². The van der Waals surface area contributed by atoms with Crippen molar-refractivity contribution in [1.29, 1.82) is 0 Å². The number of carbonyl (C=O) groups excluding carboxylic acids is 1. The molecule has 0 aliphatic carbocycles. The zero-order valence-corrected chi connectivity index (χ0v) is 11.5. The number of benzene rings is 1. The summed E-state index contributed by atoms with van der Waals surface area (Å²) in [5, 5.41) is 2.71. The van der Waals surface area contributed by atoms with Crippen molar-refractivity contribution in [1.82, 2.24) is 0 Å². The van der Waals surface area contributed by atoms with Crippen LogP contribution in [0.1, 0.15) is 21.7 Å². The molecule has 2 aromatic rings. The standard InChI is InChI=1S/C15H15NO4/c1-9-4-5-11(10(2)6-9)16-15(18)13-7-12(17)14(19-3)8-20-13/h4-8H,1-3H3,(H,16,18). The van der Waals surface area contributed by atoms with Gasteiger partial charge in [-0.2, -0.15) is 0 Å². The van der Waals surface area contributed by atoms with Crippen LogP contribution in [-0.2, 0) is 0 Å². The van der Waals surface area contributed by atoms with E-state index in [1.165, 1.54) is 7.11 Å². The van der Waals surface area contributed by atoms with Gasteiger partial charge < -0.3 is 14.5 Å². The van der Waals surface area contributed by atoms with Crippen molar-refractivity contribution in [2.24, 2.45) is 0 Å². The molecule has 20 heavy (non-hydrogen) atoms. The molecule has 1 aromatic heterocycles. The van der Waals surface area contributed by atoms with Gasteiger partial charge in [0.15, 0.2) is 5.76 Å². The molecule has 5 nitrogen and oxygen atoms in total. The Morgan fingerprint density at radius 2 is 2.00 bits per heavy atom. The third kappa shape index (κ3) is 2.88. The largest absolute Gasteiger partial charge is 0.490 e. The van der Waals surface area contributed by atoms with E-state index in [1.807, 2.05) is 32.0 Å². The van der Waals surface area contributed by atoms with Crippen molar-refractivity contribution < 1.29 is 13.9 Å². The van der Waals surface area contributed by atoms with Crippen molar-refractivity contribution in [3.05, 3.63) is 57.6 Å². The Morgan fingerprint density at radius 1 is 1.25 bits per heavy atom. The van der Waals surface area contributed by atoms with Gasteiger partial charge in [-0.15, -0.1) is 0 Å². The summed E-state index contributed by atoms with van der Waals surface area (Å²) in [4.78, 5) is 23.6. The Balaban J connectivity index is 2.24. The summed E-state index contributed by atoms with van der Waals surface area (Å²) in [5.41, 5.74) is 2.33. The highest BCUT2D eigenvalue weighted by Gasteiger charge is 2.12. The van der Waals surface area contributed by atoms with Crippen LogP contribution < -0.4 is 15.5 Å². The third-order valence-corrected chi connectivity index (χ3v) is 2.87. The number of hydrogen-bond acceptors (Lipinski definition) is 4. The highest BCUT2D eigenvalue weighted by Crippen LogP contribution is 2.17. The number of amides is 1. The predicted octanol–water partition coefficient (Wildman–Crippen LogP) is 2.52. The molecule has 0 bridgehead atoms. The highest BCUT2D eigenvalue weighted by atomic mass is 16.5. The fourth-order valence-corrected chi connectivity index (χ4v) is 1.80. The smallest absolute Gasteiger partial charge is 0.291 e. The molecule has 1 aromatic carbocycles. The molecule has 0 aliphatic rings. The summed E-state index contributed by atoms with van der Waals surface area (Å²) in [5.74, 6) is -0.472. The Bertz CT molecular complexity index is 703. The summed E-state index contributed by atoms with van der Waals surface area (Å²) >= 11 is 0. The summed E-state index contributed by atoms with van der Waals surface area (Å²) in [7, 11) is 1.36. The fourth-order valence-electron chi connectivity index (χ4n) is 1.80. The fraction of sp³-hybridized carbons (Fsp3) is 0.200. The molecule has 0 aliphatic heterocycles. The Morgan fingerprint density at radius 3 is 2.60 bits per heavy atom. The molecule has 1 heterocycles. The maximum absolute atomic E-state index is 12.0. The van der Waals surface area contributed by atoms with Crippen LogP contribution in [0.5, 0.6) is 5.75 Å². The molecule has 0 saturated carbocycles. The van der Waals surface area contributed by atoms with E-state index in [0.29, 0.717) is 5.69 Å². The summed E-state index contributed by atoms with van der Waals surface area (Å²) in [6, 6.07) is 6.77. The second-order valence-electron chi connectivity index (χ2n) is 4.45. The van der Waals surface area contributed by atoms with Gasteiger partial charge in [0.05, 0.1) is 7.11 Å². The average Bonchev–Trinajstić information content (AvgIpc) is 2.41. The number of rotatable bonds is 3. The van der Waals surface area contributed by atoms with E-state index in [-0.39, 0.29) is 11.5 Å². The van der Waals surface area contributed by atoms with E-state index in [1.54, 1.807) is 0 Å². The van der Waals surface area contributed by atoms with E-state index in [0.717, 1.165) is 23.5 Å². The van der Waals surface area contributed by atoms with Crippen LogP contribution >= 0.6 is 0 Å². The van der Waals surface area contributed by atoms with Gasteiger partial charge in [-0.05, 0) is 25.5 Å². The highest BCUT2D eigenvalue weighted by molar-refractivity contribution is 6.02. The minimum absolute atomic E-state index is 0.0595. The number of aryl methyl sites for hydroxylation is 2. The second kappa shape index (κ2) is 5.61. The topological polar surface area (TPSA) is 68.5 Å². The predicted molar refractivity (Wildman–Crippen MR) is 75.4 cm³/mol. The molecule has 1 amide bonds. The number of anilines is 1. The summed E-state index contributed by atoms with van der Waals surface area (Å²) in [6.07, 6.45) is 1.12. The first-order chi connectivity index (χ1) is 9.51. The van der Waals surface area contributed by atoms with Crippen LogP contribution in [0, 0.1) is 13.8 Å². The number of nitrogens with one attached hydrogen (secondary N) is 1. The first-order valence-corrected chi connectivity index (χ1v) is 6.06. The lowest BCUT2D eigenvalue weighted by Crippen LogP contribution is -2.15. The average molecular weight is 273 g/mol. The van der Waals surface area contributed by atoms with Crippen molar-refractivity contribution in [2.45, 2.75) is 13.8 Å². The quantitative estimate of drug-likeness (QED) is 0.933. The van der Waals surface area contributed by atoms with Gasteiger partial charge in [0, 0.05) is 11.8 Å². The van der Waals surface area contributed by atoms with Gasteiger partial charge in [0.2, 0.25) is 11.2 Å². The number of hydrogen-bond donors (Lipinski definition) is 1. The van der Waals surface area contributed by atoms with Crippen LogP contribution in [0.2, 0.25) is 0 Å². The van der Waals surface area contributed by atoms with Crippen molar-refractivity contribution in [3.8, 4) is 5.75 Å². The van der Waals surface area contributed by atoms with E-state index in [4.69, 9.17) is 9.15 Å². The molecule has 1 N–H and O–H groups in total. The zero-order valence-electron chi connectivity index (χ0n) is 11.5. The van der Waals surface area contributed by atoms with Gasteiger partial charge in [0.25, 0.3) is 5.91 Å². The molecule has 2 rings (SSSR count). The second-order valence-corrected chi connectivity index (χ2v) is 4.45. The molecule has 0 unspecified atom stereocenters. The lowest BCUT2D eigenvalue weighted by molar-refractivity contribution is 0.0993. The van der Waals surface area contributed by atoms with Crippen molar-refractivity contribution >= 4 is 11.6 Å². The van der Waals surface area contributed by atoms with E-state index in [9.17, 15) is 9.59 Å². The Labute approximate surface area is 116 Å². The van der Waals surface area contributed by atoms with Gasteiger partial charge in [-0.3, -0.25) is 9.59 Å². The van der Waals surface area contributed by atoms with Crippen molar-refractivity contribution in [3.63, 3.8) is 0 Å². The molecule has 104 valence electrons. The normalized spacial score (nSPS) is 10.2. The van der Waals surface area contributed by atoms with Crippen LogP contribution in [0.3, 0.4) is 0 Å². The molecular weight excluding hydrogens is 258 g/mol. The van der Waals surface area contributed by atoms with E-state index < -0.39 is 11.3 Å². The van der Waals surface area contributed by atoms with Gasteiger partial charge in [-0.1, -0.05) is 17.7 Å². The van der Waals surface area contributed by atoms with Gasteiger partial charge >= 0.3 is 0 Å². The lowest BCUT2D eigenvalue weighted by atomic mass is 10.1. The zero-order chi connectivity index (χ0) is 14.7. The SMILES string of the molecule is COc1coc(C(=O)Nc2ccc(C)cc2C)cc1=O. The number of methoxy groups -OCH3 is 1. The van der Waals surface area contributed by atoms with Crippen LogP contribution in [0.15, 0.2) is 39.7 Å². The first-order valence-electron chi connectivity index (χ1n) is 6.06. The minimum Gasteiger partial charge on any atom is -0.490 e. The monoisotopic (exact) mass is 273 g/mol. The van der Waals surface area contributed by atoms with Crippen LogP contribution in [0.4, 0.5) is 5.69 Å². The molecule has 0 fully saturated rings.